The van der Waals surface area contributed by atoms with Gasteiger partial charge >= 0.3 is 6.03 Å². The zero-order valence-corrected chi connectivity index (χ0v) is 16.4. The Morgan fingerprint density at radius 2 is 2.07 bits per heavy atom. The van der Waals surface area contributed by atoms with E-state index in [9.17, 15) is 4.79 Å². The number of hydrogen-bond donors (Lipinski definition) is 2. The number of benzene rings is 1. The minimum atomic E-state index is -0.237. The van der Waals surface area contributed by atoms with Crippen molar-refractivity contribution in [3.05, 3.63) is 53.4 Å². The Hall–Kier alpha value is -3.27. The molecule has 3 rings (SSSR count). The molecule has 1 aliphatic rings. The van der Waals surface area contributed by atoms with Gasteiger partial charge in [-0.25, -0.2) is 4.79 Å². The van der Waals surface area contributed by atoms with Crippen molar-refractivity contribution in [2.75, 3.05) is 12.4 Å². The zero-order chi connectivity index (χ0) is 20.1. The number of hydrogen-bond acceptors (Lipinski definition) is 4. The number of nitrogens with one attached hydrogen (secondary N) is 2. The van der Waals surface area contributed by atoms with E-state index in [1.54, 1.807) is 31.4 Å². The number of nitriles is 1. The monoisotopic (exact) mass is 379 g/mol. The Morgan fingerprint density at radius 3 is 2.75 bits per heavy atom. The van der Waals surface area contributed by atoms with Gasteiger partial charge in [-0.1, -0.05) is 12.2 Å². The van der Waals surface area contributed by atoms with Crippen LogP contribution in [-0.4, -0.2) is 29.0 Å². The van der Waals surface area contributed by atoms with Gasteiger partial charge < -0.3 is 15.4 Å². The van der Waals surface area contributed by atoms with Crippen LogP contribution in [0.4, 0.5) is 10.5 Å². The number of carbonyl (C=O) groups is 1. The molecule has 0 bridgehead atoms. The second kappa shape index (κ2) is 8.61. The van der Waals surface area contributed by atoms with Crippen molar-refractivity contribution in [2.45, 2.75) is 45.2 Å². The van der Waals surface area contributed by atoms with E-state index in [0.717, 1.165) is 23.6 Å². The Balaban J connectivity index is 1.58. The maximum atomic E-state index is 12.3. The van der Waals surface area contributed by atoms with Crippen molar-refractivity contribution in [2.24, 2.45) is 0 Å². The first-order valence-corrected chi connectivity index (χ1v) is 9.32. The fourth-order valence-electron chi connectivity index (χ4n) is 3.65. The third kappa shape index (κ3) is 4.34. The summed E-state index contributed by atoms with van der Waals surface area (Å²) >= 11 is 0. The quantitative estimate of drug-likeness (QED) is 0.749. The van der Waals surface area contributed by atoms with Crippen LogP contribution in [0.1, 0.15) is 35.7 Å². The third-order valence-corrected chi connectivity index (χ3v) is 4.99. The summed E-state index contributed by atoms with van der Waals surface area (Å²) in [6.45, 7) is 4.64. The van der Waals surface area contributed by atoms with Gasteiger partial charge in [-0.15, -0.1) is 0 Å². The number of amides is 2. The predicted molar refractivity (Wildman–Crippen MR) is 107 cm³/mol. The molecule has 2 aromatic rings. The Bertz CT molecular complexity index is 908. The van der Waals surface area contributed by atoms with Gasteiger partial charge in [0.15, 0.2) is 0 Å². The Labute approximate surface area is 165 Å². The van der Waals surface area contributed by atoms with Crippen LogP contribution < -0.4 is 15.4 Å². The lowest BCUT2D eigenvalue weighted by Gasteiger charge is -2.15. The molecule has 0 fully saturated rings. The molecule has 146 valence electrons. The van der Waals surface area contributed by atoms with Gasteiger partial charge in [0.1, 0.15) is 5.75 Å². The standard InChI is InChI=1S/C21H25N5O2/c1-14-20(15(2)26(25-14)12-4-11-22)16-5-6-18(13-16)24-21(27)23-17-7-9-19(28-3)10-8-17/h5-10,16,18H,4,12-13H2,1-3H3,(H2,23,24,27)/t16-,18-/m1/s1. The van der Waals surface area contributed by atoms with Gasteiger partial charge in [-0.05, 0) is 44.5 Å². The first-order valence-electron chi connectivity index (χ1n) is 9.32. The largest absolute Gasteiger partial charge is 0.497 e. The molecular weight excluding hydrogens is 354 g/mol. The SMILES string of the molecule is COc1ccc(NC(=O)N[C@@H]2C=C[C@@H](c3c(C)nn(CCC#N)c3C)C2)cc1. The number of aromatic nitrogens is 2. The smallest absolute Gasteiger partial charge is 0.319 e. The summed E-state index contributed by atoms with van der Waals surface area (Å²) in [6.07, 6.45) is 5.40. The van der Waals surface area contributed by atoms with Crippen LogP contribution in [0.2, 0.25) is 0 Å². The van der Waals surface area contributed by atoms with Crippen LogP contribution >= 0.6 is 0 Å². The molecule has 1 heterocycles. The van der Waals surface area contributed by atoms with Crippen LogP contribution in [0, 0.1) is 25.2 Å². The first-order chi connectivity index (χ1) is 13.5. The third-order valence-electron chi connectivity index (χ3n) is 4.99. The van der Waals surface area contributed by atoms with Crippen LogP contribution in [0.15, 0.2) is 36.4 Å². The fraction of sp³-hybridized carbons (Fsp3) is 0.381. The number of allylic oxidation sites excluding steroid dienone is 1. The van der Waals surface area contributed by atoms with Crippen molar-refractivity contribution in [1.82, 2.24) is 15.1 Å². The van der Waals surface area contributed by atoms with Crippen LogP contribution in [-0.2, 0) is 6.54 Å². The molecule has 1 aliphatic carbocycles. The molecule has 2 N–H and O–H groups in total. The lowest BCUT2D eigenvalue weighted by atomic mass is 9.96. The normalized spacial score (nSPS) is 17.9. The molecule has 2 atom stereocenters. The van der Waals surface area contributed by atoms with Gasteiger partial charge in [0.2, 0.25) is 0 Å². The molecule has 7 heteroatoms. The second-order valence-corrected chi connectivity index (χ2v) is 6.88. The van der Waals surface area contributed by atoms with Gasteiger partial charge in [0.05, 0.1) is 31.8 Å². The molecule has 28 heavy (non-hydrogen) atoms. The van der Waals surface area contributed by atoms with Crippen LogP contribution in [0.5, 0.6) is 5.75 Å². The number of methoxy groups -OCH3 is 1. The molecular formula is C21H25N5O2. The molecule has 0 saturated heterocycles. The van der Waals surface area contributed by atoms with E-state index in [1.807, 2.05) is 24.6 Å². The van der Waals surface area contributed by atoms with Gasteiger partial charge in [0.25, 0.3) is 0 Å². The van der Waals surface area contributed by atoms with E-state index in [-0.39, 0.29) is 18.0 Å². The highest BCUT2D eigenvalue weighted by Gasteiger charge is 2.26. The highest BCUT2D eigenvalue weighted by atomic mass is 16.5. The van der Waals surface area contributed by atoms with Gasteiger partial charge in [0, 0.05) is 28.9 Å². The summed E-state index contributed by atoms with van der Waals surface area (Å²) in [5.41, 5.74) is 3.97. The lowest BCUT2D eigenvalue weighted by molar-refractivity contribution is 0.250. The predicted octanol–water partition coefficient (Wildman–Crippen LogP) is 3.66. The molecule has 0 radical (unpaired) electrons. The maximum absolute atomic E-state index is 12.3. The number of anilines is 1. The van der Waals surface area contributed by atoms with E-state index in [1.165, 1.54) is 5.56 Å². The van der Waals surface area contributed by atoms with Crippen molar-refractivity contribution < 1.29 is 9.53 Å². The maximum Gasteiger partial charge on any atom is 0.319 e. The number of aryl methyl sites for hydroxylation is 2. The number of rotatable bonds is 6. The first kappa shape index (κ1) is 19.5. The Kier molecular flexibility index (Phi) is 5.99. The molecule has 0 unspecified atom stereocenters. The van der Waals surface area contributed by atoms with E-state index in [0.29, 0.717) is 18.7 Å². The lowest BCUT2D eigenvalue weighted by Crippen LogP contribution is -2.36. The minimum Gasteiger partial charge on any atom is -0.497 e. The van der Waals surface area contributed by atoms with Gasteiger partial charge in [-0.2, -0.15) is 10.4 Å². The number of carbonyl (C=O) groups excluding carboxylic acids is 1. The molecule has 0 aliphatic heterocycles. The van der Waals surface area contributed by atoms with E-state index in [4.69, 9.17) is 10.00 Å². The highest BCUT2D eigenvalue weighted by molar-refractivity contribution is 5.89. The topological polar surface area (TPSA) is 92.0 Å². The summed E-state index contributed by atoms with van der Waals surface area (Å²) in [5, 5.41) is 19.2. The fourth-order valence-corrected chi connectivity index (χ4v) is 3.65. The summed E-state index contributed by atoms with van der Waals surface area (Å²) < 4.78 is 7.02. The minimum absolute atomic E-state index is 0.0375. The number of urea groups is 1. The number of ether oxygens (including phenoxy) is 1. The summed E-state index contributed by atoms with van der Waals surface area (Å²) in [4.78, 5) is 12.3. The molecule has 1 aromatic heterocycles. The van der Waals surface area contributed by atoms with Crippen molar-refractivity contribution in [1.29, 1.82) is 5.26 Å². The Morgan fingerprint density at radius 1 is 1.32 bits per heavy atom. The van der Waals surface area contributed by atoms with Crippen LogP contribution in [0.3, 0.4) is 0 Å². The summed E-state index contributed by atoms with van der Waals surface area (Å²) in [5.74, 6) is 0.954. The van der Waals surface area contributed by atoms with Crippen molar-refractivity contribution in [3.8, 4) is 11.8 Å². The molecule has 0 spiro atoms. The van der Waals surface area contributed by atoms with Crippen molar-refractivity contribution >= 4 is 11.7 Å². The van der Waals surface area contributed by atoms with Crippen LogP contribution in [0.25, 0.3) is 0 Å². The molecule has 7 nitrogen and oxygen atoms in total. The van der Waals surface area contributed by atoms with E-state index in [2.05, 4.69) is 27.9 Å². The summed E-state index contributed by atoms with van der Waals surface area (Å²) in [6, 6.07) is 9.09. The average molecular weight is 379 g/mol. The van der Waals surface area contributed by atoms with Gasteiger partial charge in [-0.3, -0.25) is 4.68 Å². The highest BCUT2D eigenvalue weighted by Crippen LogP contribution is 2.33. The average Bonchev–Trinajstić information content (AvgIpc) is 3.24. The number of nitrogens with zero attached hydrogens (tertiary/aromatic N) is 3. The zero-order valence-electron chi connectivity index (χ0n) is 16.4. The van der Waals surface area contributed by atoms with E-state index < -0.39 is 0 Å². The summed E-state index contributed by atoms with van der Waals surface area (Å²) in [7, 11) is 1.61. The molecule has 2 amide bonds. The van der Waals surface area contributed by atoms with Crippen molar-refractivity contribution in [3.63, 3.8) is 0 Å². The molecule has 1 aromatic carbocycles. The molecule has 0 saturated carbocycles. The second-order valence-electron chi connectivity index (χ2n) is 6.88. The van der Waals surface area contributed by atoms with E-state index >= 15 is 0 Å².